The van der Waals surface area contributed by atoms with Crippen LogP contribution in [0, 0.1) is 0 Å². The number of hydrogen-bond acceptors (Lipinski definition) is 4. The first-order valence-electron chi connectivity index (χ1n) is 12.2. The van der Waals surface area contributed by atoms with Gasteiger partial charge in [0.25, 0.3) is 0 Å². The second-order valence-electron chi connectivity index (χ2n) is 9.68. The van der Waals surface area contributed by atoms with Crippen LogP contribution in [0.1, 0.15) is 44.2 Å². The molecule has 0 saturated carbocycles. The molecule has 1 aliphatic heterocycles. The van der Waals surface area contributed by atoms with Crippen molar-refractivity contribution in [3.8, 4) is 0 Å². The Morgan fingerprint density at radius 1 is 1.03 bits per heavy atom. The quantitative estimate of drug-likeness (QED) is 0.359. The number of rotatable bonds is 10. The van der Waals surface area contributed by atoms with Crippen LogP contribution in [0.5, 0.6) is 0 Å². The SMILES string of the molecule is CCN(C1CCN(CCC(C)(C(=O)NCc2ccc(Cl)c(Cl)c2)c2ccc(Cl)c(Cl)c2)CC1)S(C)(=O)=O. The number of likely N-dealkylation sites (tertiary alicyclic amines) is 1. The van der Waals surface area contributed by atoms with Crippen molar-refractivity contribution in [3.63, 3.8) is 0 Å². The third-order valence-electron chi connectivity index (χ3n) is 7.13. The molecular formula is C26H33Cl4N3O3S. The van der Waals surface area contributed by atoms with Crippen molar-refractivity contribution >= 4 is 62.3 Å². The largest absolute Gasteiger partial charge is 0.351 e. The summed E-state index contributed by atoms with van der Waals surface area (Å²) in [5.74, 6) is -0.138. The molecule has 1 amide bonds. The van der Waals surface area contributed by atoms with Gasteiger partial charge in [-0.2, -0.15) is 4.31 Å². The van der Waals surface area contributed by atoms with E-state index in [4.69, 9.17) is 46.4 Å². The van der Waals surface area contributed by atoms with Crippen LogP contribution in [0.4, 0.5) is 0 Å². The Balaban J connectivity index is 1.72. The molecule has 1 saturated heterocycles. The first kappa shape index (κ1) is 30.5. The summed E-state index contributed by atoms with van der Waals surface area (Å²) >= 11 is 24.6. The lowest BCUT2D eigenvalue weighted by molar-refractivity contribution is -0.126. The van der Waals surface area contributed by atoms with E-state index in [2.05, 4.69) is 10.2 Å². The topological polar surface area (TPSA) is 69.7 Å². The van der Waals surface area contributed by atoms with E-state index in [-0.39, 0.29) is 11.9 Å². The van der Waals surface area contributed by atoms with Gasteiger partial charge in [0.15, 0.2) is 0 Å². The molecule has 3 rings (SSSR count). The number of sulfonamides is 1. The molecule has 6 nitrogen and oxygen atoms in total. The summed E-state index contributed by atoms with van der Waals surface area (Å²) in [5.41, 5.74) is 0.745. The van der Waals surface area contributed by atoms with Crippen molar-refractivity contribution in [2.75, 3.05) is 32.4 Å². The van der Waals surface area contributed by atoms with Gasteiger partial charge in [0.05, 0.1) is 31.8 Å². The van der Waals surface area contributed by atoms with Crippen LogP contribution in [-0.4, -0.2) is 62.0 Å². The number of hydrogen-bond donors (Lipinski definition) is 1. The summed E-state index contributed by atoms with van der Waals surface area (Å²) < 4.78 is 25.8. The van der Waals surface area contributed by atoms with E-state index < -0.39 is 15.4 Å². The molecule has 1 unspecified atom stereocenters. The maximum Gasteiger partial charge on any atom is 0.230 e. The zero-order valence-electron chi connectivity index (χ0n) is 21.2. The van der Waals surface area contributed by atoms with E-state index in [9.17, 15) is 13.2 Å². The molecule has 204 valence electrons. The zero-order valence-corrected chi connectivity index (χ0v) is 25.1. The van der Waals surface area contributed by atoms with Crippen molar-refractivity contribution in [1.82, 2.24) is 14.5 Å². The smallest absolute Gasteiger partial charge is 0.230 e. The van der Waals surface area contributed by atoms with E-state index in [0.717, 1.165) is 37.1 Å². The summed E-state index contributed by atoms with van der Waals surface area (Å²) in [6.45, 7) is 6.75. The maximum atomic E-state index is 13.6. The Labute approximate surface area is 240 Å². The van der Waals surface area contributed by atoms with Gasteiger partial charge in [-0.05, 0) is 81.2 Å². The Morgan fingerprint density at radius 3 is 2.16 bits per heavy atom. The number of nitrogens with one attached hydrogen (secondary N) is 1. The van der Waals surface area contributed by atoms with Crippen molar-refractivity contribution in [2.24, 2.45) is 0 Å². The lowest BCUT2D eigenvalue weighted by Crippen LogP contribution is -2.49. The number of benzene rings is 2. The lowest BCUT2D eigenvalue weighted by atomic mass is 9.78. The second kappa shape index (κ2) is 12.9. The van der Waals surface area contributed by atoms with Crippen molar-refractivity contribution in [2.45, 2.75) is 51.1 Å². The summed E-state index contributed by atoms with van der Waals surface area (Å²) in [5, 5.41) is 4.75. The highest BCUT2D eigenvalue weighted by atomic mass is 35.5. The van der Waals surface area contributed by atoms with Crippen LogP contribution in [0.15, 0.2) is 36.4 Å². The van der Waals surface area contributed by atoms with Gasteiger partial charge >= 0.3 is 0 Å². The fourth-order valence-electron chi connectivity index (χ4n) is 4.83. The van der Waals surface area contributed by atoms with E-state index in [1.54, 1.807) is 28.6 Å². The Kier molecular flexibility index (Phi) is 10.6. The molecule has 2 aromatic rings. The standard InChI is InChI=1S/C26H33Cl4N3O3S/c1-4-33(37(3,35)36)20-9-12-32(13-10-20)14-11-26(2,19-6-8-22(28)24(30)16-19)25(34)31-17-18-5-7-21(27)23(29)15-18/h5-8,15-16,20H,4,9-14,17H2,1-3H3,(H,31,34). The fraction of sp³-hybridized carbons (Fsp3) is 0.500. The molecule has 2 aromatic carbocycles. The van der Waals surface area contributed by atoms with Gasteiger partial charge in [0.2, 0.25) is 15.9 Å². The molecule has 0 radical (unpaired) electrons. The van der Waals surface area contributed by atoms with E-state index >= 15 is 0 Å². The van der Waals surface area contributed by atoms with Gasteiger partial charge < -0.3 is 10.2 Å². The molecule has 0 spiro atoms. The van der Waals surface area contributed by atoms with Gasteiger partial charge in [-0.25, -0.2) is 8.42 Å². The molecule has 1 aliphatic rings. The van der Waals surface area contributed by atoms with Crippen LogP contribution in [0.3, 0.4) is 0 Å². The Bertz CT molecular complexity index is 1220. The number of piperidine rings is 1. The van der Waals surface area contributed by atoms with Gasteiger partial charge in [-0.1, -0.05) is 65.5 Å². The van der Waals surface area contributed by atoms with Crippen LogP contribution in [-0.2, 0) is 26.8 Å². The first-order chi connectivity index (χ1) is 17.3. The third-order valence-corrected chi connectivity index (χ3v) is 10.0. The van der Waals surface area contributed by atoms with E-state index in [1.807, 2.05) is 26.0 Å². The molecule has 37 heavy (non-hydrogen) atoms. The predicted molar refractivity (Wildman–Crippen MR) is 153 cm³/mol. The van der Waals surface area contributed by atoms with Crippen LogP contribution < -0.4 is 5.32 Å². The Hall–Kier alpha value is -1.06. The average molecular weight is 609 g/mol. The van der Waals surface area contributed by atoms with E-state index in [1.165, 1.54) is 6.26 Å². The number of carbonyl (C=O) groups excluding carboxylic acids is 1. The summed E-state index contributed by atoms with van der Waals surface area (Å²) in [7, 11) is -3.23. The van der Waals surface area contributed by atoms with Crippen molar-refractivity contribution in [1.29, 1.82) is 0 Å². The molecule has 0 bridgehead atoms. The summed E-state index contributed by atoms with van der Waals surface area (Å²) in [6, 6.07) is 10.6. The van der Waals surface area contributed by atoms with Gasteiger partial charge in [0.1, 0.15) is 0 Å². The number of amides is 1. The molecule has 1 fully saturated rings. The molecule has 1 N–H and O–H groups in total. The molecular weight excluding hydrogens is 576 g/mol. The van der Waals surface area contributed by atoms with Crippen LogP contribution >= 0.6 is 46.4 Å². The van der Waals surface area contributed by atoms with Gasteiger partial charge in [-0.3, -0.25) is 4.79 Å². The fourth-order valence-corrected chi connectivity index (χ4v) is 6.67. The second-order valence-corrected chi connectivity index (χ2v) is 13.2. The summed E-state index contributed by atoms with van der Waals surface area (Å²) in [6.07, 6.45) is 3.33. The lowest BCUT2D eigenvalue weighted by Gasteiger charge is -2.38. The zero-order chi connectivity index (χ0) is 27.4. The predicted octanol–water partition coefficient (Wildman–Crippen LogP) is 6.01. The van der Waals surface area contributed by atoms with Gasteiger partial charge in [0, 0.05) is 19.1 Å². The van der Waals surface area contributed by atoms with Gasteiger partial charge in [-0.15, -0.1) is 0 Å². The molecule has 0 aromatic heterocycles. The number of carbonyl (C=O) groups is 1. The van der Waals surface area contributed by atoms with Crippen molar-refractivity contribution < 1.29 is 13.2 Å². The monoisotopic (exact) mass is 607 g/mol. The van der Waals surface area contributed by atoms with Crippen molar-refractivity contribution in [3.05, 3.63) is 67.6 Å². The minimum atomic E-state index is -3.23. The molecule has 0 aliphatic carbocycles. The minimum absolute atomic E-state index is 0.00667. The molecule has 1 atom stereocenters. The molecule has 11 heteroatoms. The summed E-state index contributed by atoms with van der Waals surface area (Å²) in [4.78, 5) is 15.9. The highest BCUT2D eigenvalue weighted by Crippen LogP contribution is 2.34. The molecule has 1 heterocycles. The number of nitrogens with zero attached hydrogens (tertiary/aromatic N) is 2. The first-order valence-corrected chi connectivity index (χ1v) is 15.6. The maximum absolute atomic E-state index is 13.6. The Morgan fingerprint density at radius 2 is 1.62 bits per heavy atom. The highest BCUT2D eigenvalue weighted by molar-refractivity contribution is 7.88. The van der Waals surface area contributed by atoms with E-state index in [0.29, 0.717) is 46.1 Å². The number of halogens is 4. The average Bonchev–Trinajstić information content (AvgIpc) is 2.85. The third kappa shape index (κ3) is 7.75. The highest BCUT2D eigenvalue weighted by Gasteiger charge is 2.37. The van der Waals surface area contributed by atoms with Crippen LogP contribution in [0.2, 0.25) is 20.1 Å². The van der Waals surface area contributed by atoms with Crippen LogP contribution in [0.25, 0.3) is 0 Å². The minimum Gasteiger partial charge on any atom is -0.351 e. The normalized spacial score (nSPS) is 17.1.